The van der Waals surface area contributed by atoms with Gasteiger partial charge in [-0.25, -0.2) is 15.0 Å². The van der Waals surface area contributed by atoms with Gasteiger partial charge in [0.05, 0.1) is 30.7 Å². The number of amides is 1. The molecule has 2 aromatic heterocycles. The first-order valence-corrected chi connectivity index (χ1v) is 9.09. The molecule has 1 fully saturated rings. The van der Waals surface area contributed by atoms with Crippen molar-refractivity contribution >= 4 is 5.91 Å². The van der Waals surface area contributed by atoms with Crippen LogP contribution in [-0.4, -0.2) is 56.2 Å². The summed E-state index contributed by atoms with van der Waals surface area (Å²) in [6, 6.07) is 2.05. The number of nitrogens with zero attached hydrogens (tertiary/aromatic N) is 5. The normalized spacial score (nSPS) is 20.2. The van der Waals surface area contributed by atoms with Gasteiger partial charge in [-0.3, -0.25) is 4.79 Å². The molecule has 2 aliphatic rings. The molecule has 8 heteroatoms. The number of ether oxygens (including phenoxy) is 2. The molecule has 4 rings (SSSR count). The minimum Gasteiger partial charge on any atom is -0.461 e. The predicted octanol–water partition coefficient (Wildman–Crippen LogP) is 1.59. The van der Waals surface area contributed by atoms with Crippen molar-refractivity contribution in [3.8, 4) is 6.01 Å². The third-order valence-corrected chi connectivity index (χ3v) is 4.97. The van der Waals surface area contributed by atoms with E-state index in [2.05, 4.69) is 19.5 Å². The van der Waals surface area contributed by atoms with Crippen LogP contribution in [0.1, 0.15) is 37.4 Å². The Morgan fingerprint density at radius 2 is 2.04 bits per heavy atom. The van der Waals surface area contributed by atoms with Gasteiger partial charge in [0.25, 0.3) is 0 Å². The number of imidazole rings is 1. The van der Waals surface area contributed by atoms with Gasteiger partial charge in [0.2, 0.25) is 5.91 Å². The summed E-state index contributed by atoms with van der Waals surface area (Å²) in [4.78, 5) is 26.8. The molecule has 1 atom stereocenters. The Kier molecular flexibility index (Phi) is 5.10. The largest absolute Gasteiger partial charge is 0.461 e. The molecular weight excluding hydrogens is 334 g/mol. The Hall–Kier alpha value is -2.48. The Bertz CT molecular complexity index is 729. The monoisotopic (exact) mass is 357 g/mol. The molecule has 0 aromatic carbocycles. The molecule has 0 spiro atoms. The highest BCUT2D eigenvalue weighted by molar-refractivity contribution is 5.77. The molecule has 0 N–H and O–H groups in total. The average molecular weight is 357 g/mol. The summed E-state index contributed by atoms with van der Waals surface area (Å²) in [5.74, 6) is 0.0188. The Morgan fingerprint density at radius 3 is 2.85 bits per heavy atom. The summed E-state index contributed by atoms with van der Waals surface area (Å²) in [7, 11) is 0. The van der Waals surface area contributed by atoms with Crippen LogP contribution in [0, 0.1) is 0 Å². The fourth-order valence-electron chi connectivity index (χ4n) is 3.57. The second-order valence-corrected chi connectivity index (χ2v) is 6.78. The summed E-state index contributed by atoms with van der Waals surface area (Å²) >= 11 is 0. The van der Waals surface area contributed by atoms with E-state index in [4.69, 9.17) is 9.47 Å². The number of hydrogen-bond acceptors (Lipinski definition) is 6. The minimum absolute atomic E-state index is 0.0188. The van der Waals surface area contributed by atoms with Crippen molar-refractivity contribution in [2.45, 2.75) is 44.4 Å². The lowest BCUT2D eigenvalue weighted by molar-refractivity contribution is -0.140. The van der Waals surface area contributed by atoms with E-state index in [0.717, 1.165) is 18.5 Å². The quantitative estimate of drug-likeness (QED) is 0.781. The van der Waals surface area contributed by atoms with Crippen LogP contribution in [0.5, 0.6) is 6.01 Å². The summed E-state index contributed by atoms with van der Waals surface area (Å²) in [6.45, 7) is 1.63. The van der Waals surface area contributed by atoms with Gasteiger partial charge < -0.3 is 18.9 Å². The van der Waals surface area contributed by atoms with Crippen molar-refractivity contribution in [1.29, 1.82) is 0 Å². The van der Waals surface area contributed by atoms with Gasteiger partial charge in [0.15, 0.2) is 0 Å². The fraction of sp³-hybridized carbons (Fsp3) is 0.556. The van der Waals surface area contributed by atoms with Crippen molar-refractivity contribution in [3.63, 3.8) is 0 Å². The predicted molar refractivity (Wildman–Crippen MR) is 92.4 cm³/mol. The van der Waals surface area contributed by atoms with Gasteiger partial charge in [0.1, 0.15) is 13.2 Å². The molecule has 0 radical (unpaired) electrons. The van der Waals surface area contributed by atoms with Crippen molar-refractivity contribution in [2.75, 3.05) is 19.8 Å². The van der Waals surface area contributed by atoms with E-state index >= 15 is 0 Å². The van der Waals surface area contributed by atoms with E-state index in [1.54, 1.807) is 31.0 Å². The summed E-state index contributed by atoms with van der Waals surface area (Å²) in [5.41, 5.74) is 0.994. The molecule has 1 amide bonds. The highest BCUT2D eigenvalue weighted by Crippen LogP contribution is 2.23. The van der Waals surface area contributed by atoms with Crippen LogP contribution in [0.3, 0.4) is 0 Å². The summed E-state index contributed by atoms with van der Waals surface area (Å²) in [6.07, 6.45) is 11.6. The SMILES string of the molecule is O=C(COC1CCCC1)N1Cc2cncn2C(COc2ncccn2)C1. The lowest BCUT2D eigenvalue weighted by Crippen LogP contribution is -2.44. The summed E-state index contributed by atoms with van der Waals surface area (Å²) < 4.78 is 13.5. The first-order chi connectivity index (χ1) is 12.8. The van der Waals surface area contributed by atoms with Crippen molar-refractivity contribution < 1.29 is 14.3 Å². The molecule has 3 heterocycles. The second kappa shape index (κ2) is 7.82. The van der Waals surface area contributed by atoms with E-state index < -0.39 is 0 Å². The zero-order valence-electron chi connectivity index (χ0n) is 14.7. The van der Waals surface area contributed by atoms with Gasteiger partial charge in [-0.2, -0.15) is 0 Å². The molecule has 0 saturated heterocycles. The van der Waals surface area contributed by atoms with Crippen LogP contribution in [0.25, 0.3) is 0 Å². The van der Waals surface area contributed by atoms with Crippen LogP contribution in [-0.2, 0) is 16.1 Å². The molecule has 1 aliphatic carbocycles. The standard InChI is InChI=1S/C18H23N5O3/c24-17(12-25-16-4-1-2-5-16)22-9-14-8-19-13-23(14)15(10-22)11-26-18-20-6-3-7-21-18/h3,6-8,13,15-16H,1-2,4-5,9-12H2. The number of hydrogen-bond donors (Lipinski definition) is 0. The third-order valence-electron chi connectivity index (χ3n) is 4.97. The van der Waals surface area contributed by atoms with E-state index in [9.17, 15) is 4.79 Å². The average Bonchev–Trinajstić information content (AvgIpc) is 3.36. The van der Waals surface area contributed by atoms with Crippen LogP contribution < -0.4 is 4.74 Å². The van der Waals surface area contributed by atoms with Gasteiger partial charge in [-0.05, 0) is 18.9 Å². The van der Waals surface area contributed by atoms with E-state index in [1.165, 1.54) is 12.8 Å². The zero-order chi connectivity index (χ0) is 17.8. The maximum atomic E-state index is 12.6. The first kappa shape index (κ1) is 17.0. The summed E-state index contributed by atoms with van der Waals surface area (Å²) in [5, 5.41) is 0. The molecule has 8 nitrogen and oxygen atoms in total. The maximum absolute atomic E-state index is 12.6. The topological polar surface area (TPSA) is 82.4 Å². The Morgan fingerprint density at radius 1 is 1.23 bits per heavy atom. The molecule has 26 heavy (non-hydrogen) atoms. The zero-order valence-corrected chi connectivity index (χ0v) is 14.7. The third kappa shape index (κ3) is 3.85. The Balaban J connectivity index is 1.38. The second-order valence-electron chi connectivity index (χ2n) is 6.78. The van der Waals surface area contributed by atoms with E-state index in [1.807, 2.05) is 4.90 Å². The number of fused-ring (bicyclic) bond motifs is 1. The number of carbonyl (C=O) groups is 1. The highest BCUT2D eigenvalue weighted by Gasteiger charge is 2.29. The van der Waals surface area contributed by atoms with E-state index in [0.29, 0.717) is 25.7 Å². The smallest absolute Gasteiger partial charge is 0.316 e. The van der Waals surface area contributed by atoms with Crippen molar-refractivity contribution in [2.24, 2.45) is 0 Å². The molecule has 1 unspecified atom stereocenters. The van der Waals surface area contributed by atoms with Crippen molar-refractivity contribution in [3.05, 3.63) is 36.7 Å². The van der Waals surface area contributed by atoms with Crippen LogP contribution in [0.2, 0.25) is 0 Å². The molecule has 1 aliphatic heterocycles. The minimum atomic E-state index is -0.0273. The molecule has 2 aromatic rings. The lowest BCUT2D eigenvalue weighted by Gasteiger charge is -2.34. The van der Waals surface area contributed by atoms with Gasteiger partial charge >= 0.3 is 6.01 Å². The highest BCUT2D eigenvalue weighted by atomic mass is 16.5. The first-order valence-electron chi connectivity index (χ1n) is 9.09. The molecule has 0 bridgehead atoms. The Labute approximate surface area is 152 Å². The maximum Gasteiger partial charge on any atom is 0.316 e. The molecular formula is C18H23N5O3. The van der Waals surface area contributed by atoms with Crippen LogP contribution in [0.15, 0.2) is 31.0 Å². The van der Waals surface area contributed by atoms with Gasteiger partial charge in [-0.1, -0.05) is 12.8 Å². The number of rotatable bonds is 6. The molecule has 138 valence electrons. The van der Waals surface area contributed by atoms with Crippen LogP contribution in [0.4, 0.5) is 0 Å². The van der Waals surface area contributed by atoms with Gasteiger partial charge in [0, 0.05) is 25.1 Å². The van der Waals surface area contributed by atoms with E-state index in [-0.39, 0.29) is 24.7 Å². The number of aromatic nitrogens is 4. The van der Waals surface area contributed by atoms with Gasteiger partial charge in [-0.15, -0.1) is 0 Å². The van der Waals surface area contributed by atoms with Crippen molar-refractivity contribution in [1.82, 2.24) is 24.4 Å². The fourth-order valence-corrected chi connectivity index (χ4v) is 3.57. The number of carbonyl (C=O) groups excluding carboxylic acids is 1. The van der Waals surface area contributed by atoms with Crippen LogP contribution >= 0.6 is 0 Å². The molecule has 1 saturated carbocycles. The lowest BCUT2D eigenvalue weighted by atomic mass is 10.2.